The number of hydrogen-bond acceptors (Lipinski definition) is 7. The molecule has 0 radical (unpaired) electrons. The monoisotopic (exact) mass is 525 g/mol. The van der Waals surface area contributed by atoms with Crippen LogP contribution in [0.3, 0.4) is 0 Å². The molecule has 1 aromatic carbocycles. The molecule has 0 aromatic heterocycles. The van der Waals surface area contributed by atoms with E-state index in [-0.39, 0.29) is 23.9 Å². The van der Waals surface area contributed by atoms with Gasteiger partial charge in [-0.1, -0.05) is 12.1 Å². The molecule has 3 aliphatic rings. The minimum Gasteiger partial charge on any atom is -0.405 e. The Morgan fingerprint density at radius 3 is 2.64 bits per heavy atom. The molecule has 1 saturated carbocycles. The van der Waals surface area contributed by atoms with E-state index in [0.29, 0.717) is 31.4 Å². The zero-order valence-corrected chi connectivity index (χ0v) is 21.4. The van der Waals surface area contributed by atoms with Crippen molar-refractivity contribution in [3.05, 3.63) is 59.8 Å². The molecule has 5 N–H and O–H groups in total. The van der Waals surface area contributed by atoms with E-state index in [1.54, 1.807) is 24.3 Å². The Morgan fingerprint density at radius 2 is 1.94 bits per heavy atom. The summed E-state index contributed by atoms with van der Waals surface area (Å²) < 4.78 is 51.1. The first-order chi connectivity index (χ1) is 17.4. The van der Waals surface area contributed by atoms with E-state index in [4.69, 9.17) is 16.2 Å². The summed E-state index contributed by atoms with van der Waals surface area (Å²) in [6, 6.07) is 7.12. The molecule has 4 rings (SSSR count). The lowest BCUT2D eigenvalue weighted by Gasteiger charge is -2.43. The Morgan fingerprint density at radius 1 is 1.17 bits per heavy atom. The van der Waals surface area contributed by atoms with Crippen LogP contribution in [0.15, 0.2) is 48.4 Å². The summed E-state index contributed by atoms with van der Waals surface area (Å²) in [7, 11) is 0. The Bertz CT molecular complexity index is 890. The van der Waals surface area contributed by atoms with Crippen molar-refractivity contribution in [3.8, 4) is 0 Å². The highest BCUT2D eigenvalue weighted by Gasteiger charge is 2.36. The molecule has 36 heavy (non-hydrogen) atoms. The summed E-state index contributed by atoms with van der Waals surface area (Å²) in [5, 5.41) is 0. The van der Waals surface area contributed by atoms with Gasteiger partial charge in [-0.25, -0.2) is 22.2 Å². The predicted octanol–water partition coefficient (Wildman–Crippen LogP) is 4.18. The average Bonchev–Trinajstić information content (AvgIpc) is 2.85. The molecule has 2 saturated heterocycles. The lowest BCUT2D eigenvalue weighted by molar-refractivity contribution is -0.0138. The average molecular weight is 526 g/mol. The molecule has 1 aliphatic carbocycles. The van der Waals surface area contributed by atoms with Crippen molar-refractivity contribution >= 4 is 12.1 Å². The van der Waals surface area contributed by atoms with Crippen molar-refractivity contribution in [2.24, 2.45) is 23.3 Å². The third kappa shape index (κ3) is 7.34. The van der Waals surface area contributed by atoms with E-state index in [1.807, 2.05) is 10.4 Å². The minimum atomic E-state index is -2.25. The molecule has 6 nitrogen and oxygen atoms in total. The Hall–Kier alpha value is -1.88. The maximum Gasteiger partial charge on any atom is 0.243 e. The van der Waals surface area contributed by atoms with Crippen molar-refractivity contribution in [3.63, 3.8) is 0 Å². The maximum absolute atomic E-state index is 13.6. The number of likely N-dealkylation sites (tertiary alicyclic amines) is 1. The van der Waals surface area contributed by atoms with E-state index in [1.165, 1.54) is 24.4 Å². The summed E-state index contributed by atoms with van der Waals surface area (Å²) in [5.41, 5.74) is 12.8. The number of piperidine rings is 1. The normalized spacial score (nSPS) is 28.7. The van der Waals surface area contributed by atoms with Gasteiger partial charge in [-0.15, -0.1) is 0 Å². The summed E-state index contributed by atoms with van der Waals surface area (Å²) in [4.78, 5) is 2.15. The Labute approximate surface area is 216 Å². The number of benzene rings is 1. The zero-order chi connectivity index (χ0) is 25.5. The third-order valence-electron chi connectivity index (χ3n) is 7.58. The highest BCUT2D eigenvalue weighted by Crippen LogP contribution is 2.35. The van der Waals surface area contributed by atoms with Gasteiger partial charge in [-0.3, -0.25) is 0 Å². The first-order valence-corrected chi connectivity index (χ1v) is 13.6. The van der Waals surface area contributed by atoms with Crippen LogP contribution in [0, 0.1) is 17.7 Å². The van der Waals surface area contributed by atoms with Gasteiger partial charge in [0, 0.05) is 56.2 Å². The van der Waals surface area contributed by atoms with Gasteiger partial charge >= 0.3 is 0 Å². The van der Waals surface area contributed by atoms with Crippen molar-refractivity contribution in [1.29, 1.82) is 0 Å². The maximum atomic E-state index is 13.6. The van der Waals surface area contributed by atoms with Crippen molar-refractivity contribution in [1.82, 2.24) is 13.9 Å². The molecular weight excluding hydrogens is 487 g/mol. The number of rotatable bonds is 10. The van der Waals surface area contributed by atoms with Crippen LogP contribution < -0.4 is 16.2 Å². The number of alkyl halides is 2. The van der Waals surface area contributed by atoms with Crippen LogP contribution in [0.5, 0.6) is 0 Å². The number of allylic oxidation sites excluding steroid dienone is 2. The Kier molecular flexibility index (Phi) is 9.87. The van der Waals surface area contributed by atoms with Gasteiger partial charge in [-0.2, -0.15) is 0 Å². The molecule has 200 valence electrons. The molecule has 1 aromatic rings. The van der Waals surface area contributed by atoms with Gasteiger partial charge in [0.25, 0.3) is 0 Å². The molecule has 0 amide bonds. The molecule has 2 atom stereocenters. The van der Waals surface area contributed by atoms with Crippen molar-refractivity contribution in [2.75, 3.05) is 32.8 Å². The van der Waals surface area contributed by atoms with Gasteiger partial charge in [0.1, 0.15) is 5.82 Å². The zero-order valence-electron chi connectivity index (χ0n) is 20.6. The molecular formula is C26H38F3N5OS. The van der Waals surface area contributed by atoms with Crippen molar-refractivity contribution < 1.29 is 17.9 Å². The quantitative estimate of drug-likeness (QED) is 0.312. The number of ether oxygens (including phenoxy) is 1. The first kappa shape index (κ1) is 27.2. The lowest BCUT2D eigenvalue weighted by atomic mass is 9.82. The third-order valence-corrected chi connectivity index (χ3v) is 8.55. The van der Waals surface area contributed by atoms with E-state index < -0.39 is 12.3 Å². The van der Waals surface area contributed by atoms with Gasteiger partial charge in [0.15, 0.2) is 0 Å². The van der Waals surface area contributed by atoms with Crippen LogP contribution in [0.2, 0.25) is 0 Å². The van der Waals surface area contributed by atoms with Gasteiger partial charge in [-0.05, 0) is 74.1 Å². The molecule has 1 unspecified atom stereocenters. The highest BCUT2D eigenvalue weighted by molar-refractivity contribution is 7.95. The SMILES string of the molecule is N/C=C\C=C(/N)N1CCC(NSN2CC(C(F)F)C2)[C@H](COC2CCC(c3cccc(F)c3)CC2)C1. The highest BCUT2D eigenvalue weighted by atomic mass is 32.2. The van der Waals surface area contributed by atoms with Gasteiger partial charge in [0.2, 0.25) is 6.43 Å². The Balaban J connectivity index is 1.29. The smallest absolute Gasteiger partial charge is 0.243 e. The first-order valence-electron chi connectivity index (χ1n) is 12.8. The molecule has 0 spiro atoms. The van der Waals surface area contributed by atoms with Crippen LogP contribution >= 0.6 is 12.1 Å². The minimum absolute atomic E-state index is 0.178. The number of nitrogens with zero attached hydrogens (tertiary/aromatic N) is 2. The predicted molar refractivity (Wildman–Crippen MR) is 138 cm³/mol. The van der Waals surface area contributed by atoms with Gasteiger partial charge in [0.05, 0.1) is 18.5 Å². The molecule has 10 heteroatoms. The fourth-order valence-corrected chi connectivity index (χ4v) is 6.41. The van der Waals surface area contributed by atoms with Crippen molar-refractivity contribution in [2.45, 2.75) is 56.6 Å². The van der Waals surface area contributed by atoms with E-state index in [0.717, 1.165) is 50.8 Å². The van der Waals surface area contributed by atoms with E-state index >= 15 is 0 Å². The van der Waals surface area contributed by atoms with Crippen LogP contribution in [-0.2, 0) is 4.74 Å². The van der Waals surface area contributed by atoms with Gasteiger partial charge < -0.3 is 21.1 Å². The summed E-state index contributed by atoms with van der Waals surface area (Å²) >= 11 is 1.45. The lowest BCUT2D eigenvalue weighted by Crippen LogP contribution is -2.52. The van der Waals surface area contributed by atoms with Crippen LogP contribution in [0.4, 0.5) is 13.2 Å². The molecule has 3 fully saturated rings. The number of halogens is 3. The van der Waals surface area contributed by atoms with E-state index in [2.05, 4.69) is 9.62 Å². The second-order valence-corrected chi connectivity index (χ2v) is 11.0. The largest absolute Gasteiger partial charge is 0.405 e. The second-order valence-electron chi connectivity index (χ2n) is 10.1. The standard InChI is InChI=1S/C26H38F3N5OS/c27-22-4-1-3-19(13-22)18-6-8-23(9-7-18)35-17-21-14-33(25(31)5-2-11-30)12-10-24(21)32-36-34-15-20(16-34)26(28)29/h1-5,11,13,18,20-21,23-24,26,32H,6-10,12,14-17,30-31H2/b11-2-,25-5+/t18?,21-,23?,24?/m0/s1. The number of hydrogen-bond donors (Lipinski definition) is 3. The fourth-order valence-electron chi connectivity index (χ4n) is 5.28. The number of nitrogens with two attached hydrogens (primary N) is 2. The topological polar surface area (TPSA) is 79.8 Å². The molecule has 2 aliphatic heterocycles. The van der Waals surface area contributed by atoms with Crippen LogP contribution in [0.25, 0.3) is 0 Å². The molecule has 2 heterocycles. The number of nitrogens with one attached hydrogen (secondary N) is 1. The summed E-state index contributed by atoms with van der Waals surface area (Å²) in [6.07, 6.45) is 7.69. The summed E-state index contributed by atoms with van der Waals surface area (Å²) in [6.45, 7) is 2.96. The fraction of sp³-hybridized carbons (Fsp3) is 0.615. The molecule has 0 bridgehead atoms. The summed E-state index contributed by atoms with van der Waals surface area (Å²) in [5.74, 6) is 0.551. The van der Waals surface area contributed by atoms with Crippen LogP contribution in [0.1, 0.15) is 43.6 Å². The van der Waals surface area contributed by atoms with Crippen LogP contribution in [-0.4, -0.2) is 60.6 Å². The second kappa shape index (κ2) is 13.1. The van der Waals surface area contributed by atoms with E-state index in [9.17, 15) is 13.2 Å².